The van der Waals surface area contributed by atoms with Crippen LogP contribution in [0.25, 0.3) is 10.2 Å². The van der Waals surface area contributed by atoms with Crippen LogP contribution in [-0.2, 0) is 17.6 Å². The van der Waals surface area contributed by atoms with Crippen molar-refractivity contribution in [3.8, 4) is 11.5 Å². The van der Waals surface area contributed by atoms with Gasteiger partial charge in [0, 0.05) is 24.5 Å². The molecule has 170 valence electrons. The molecular formula is C24H30N4O3S. The number of hydrogen-bond acceptors (Lipinski definition) is 7. The summed E-state index contributed by atoms with van der Waals surface area (Å²) in [5.41, 5.74) is 1.10. The third-order valence-electron chi connectivity index (χ3n) is 5.96. The summed E-state index contributed by atoms with van der Waals surface area (Å²) in [6.07, 6.45) is 5.25. The molecule has 2 aromatic heterocycles. The second-order valence-electron chi connectivity index (χ2n) is 8.00. The molecule has 8 heteroatoms. The Labute approximate surface area is 192 Å². The number of carbonyl (C=O) groups is 1. The van der Waals surface area contributed by atoms with Gasteiger partial charge in [-0.2, -0.15) is 0 Å². The van der Waals surface area contributed by atoms with E-state index in [1.165, 1.54) is 4.88 Å². The van der Waals surface area contributed by atoms with Gasteiger partial charge in [-0.1, -0.05) is 13.0 Å². The summed E-state index contributed by atoms with van der Waals surface area (Å²) in [6.45, 7) is 4.35. The Bertz CT molecular complexity index is 1080. The van der Waals surface area contributed by atoms with Gasteiger partial charge >= 0.3 is 0 Å². The molecule has 7 nitrogen and oxygen atoms in total. The molecule has 1 aliphatic rings. The van der Waals surface area contributed by atoms with E-state index in [-0.39, 0.29) is 11.8 Å². The van der Waals surface area contributed by atoms with Gasteiger partial charge in [-0.25, -0.2) is 9.97 Å². The van der Waals surface area contributed by atoms with E-state index < -0.39 is 0 Å². The number of fused-ring (bicyclic) bond motifs is 1. The van der Waals surface area contributed by atoms with E-state index in [9.17, 15) is 4.79 Å². The monoisotopic (exact) mass is 454 g/mol. The molecule has 0 aliphatic carbocycles. The van der Waals surface area contributed by atoms with E-state index in [4.69, 9.17) is 9.47 Å². The van der Waals surface area contributed by atoms with Crippen molar-refractivity contribution in [3.05, 3.63) is 41.0 Å². The number of hydrogen-bond donors (Lipinski definition) is 1. The Morgan fingerprint density at radius 2 is 2.06 bits per heavy atom. The van der Waals surface area contributed by atoms with E-state index in [1.807, 2.05) is 18.2 Å². The molecule has 1 saturated heterocycles. The van der Waals surface area contributed by atoms with Crippen LogP contribution in [0, 0.1) is 5.92 Å². The van der Waals surface area contributed by atoms with Crippen LogP contribution in [0.1, 0.15) is 30.2 Å². The van der Waals surface area contributed by atoms with Crippen LogP contribution in [-0.4, -0.2) is 49.7 Å². The lowest BCUT2D eigenvalue weighted by Gasteiger charge is -2.33. The van der Waals surface area contributed by atoms with Gasteiger partial charge in [0.25, 0.3) is 0 Å². The number of nitrogens with one attached hydrogen (secondary N) is 1. The fourth-order valence-electron chi connectivity index (χ4n) is 4.21. The molecule has 1 aromatic carbocycles. The van der Waals surface area contributed by atoms with Crippen molar-refractivity contribution in [1.29, 1.82) is 0 Å². The maximum Gasteiger partial charge on any atom is 0.224 e. The molecule has 0 radical (unpaired) electrons. The molecule has 1 aliphatic heterocycles. The van der Waals surface area contributed by atoms with Crippen molar-refractivity contribution in [2.24, 2.45) is 5.92 Å². The van der Waals surface area contributed by atoms with Crippen molar-refractivity contribution in [2.45, 2.75) is 32.6 Å². The third-order valence-corrected chi connectivity index (χ3v) is 7.15. The quantitative estimate of drug-likeness (QED) is 0.557. The predicted molar refractivity (Wildman–Crippen MR) is 128 cm³/mol. The highest BCUT2D eigenvalue weighted by Gasteiger charge is 2.27. The second kappa shape index (κ2) is 10.2. The summed E-state index contributed by atoms with van der Waals surface area (Å²) in [5.74, 6) is 2.44. The molecule has 0 spiro atoms. The summed E-state index contributed by atoms with van der Waals surface area (Å²) in [5, 5.41) is 4.22. The minimum atomic E-state index is -0.0385. The van der Waals surface area contributed by atoms with Crippen LogP contribution in [0.15, 0.2) is 30.6 Å². The molecule has 0 saturated carbocycles. The second-order valence-corrected chi connectivity index (χ2v) is 9.11. The van der Waals surface area contributed by atoms with Gasteiger partial charge in [-0.05, 0) is 49.4 Å². The first kappa shape index (κ1) is 22.3. The first-order chi connectivity index (χ1) is 15.6. The number of aryl methyl sites for hydroxylation is 1. The van der Waals surface area contributed by atoms with Crippen LogP contribution in [0.3, 0.4) is 0 Å². The van der Waals surface area contributed by atoms with Crippen molar-refractivity contribution in [2.75, 3.05) is 38.8 Å². The lowest BCUT2D eigenvalue weighted by atomic mass is 9.97. The fraction of sp³-hybridized carbons (Fsp3) is 0.458. The maximum atomic E-state index is 12.9. The first-order valence-electron chi connectivity index (χ1n) is 11.1. The Kier molecular flexibility index (Phi) is 7.09. The number of thiophene rings is 1. The molecule has 4 rings (SSSR count). The molecular weight excluding hydrogens is 424 g/mol. The van der Waals surface area contributed by atoms with Gasteiger partial charge in [0.05, 0.1) is 25.5 Å². The summed E-state index contributed by atoms with van der Waals surface area (Å²) >= 11 is 1.72. The number of benzene rings is 1. The summed E-state index contributed by atoms with van der Waals surface area (Å²) in [7, 11) is 3.25. The zero-order chi connectivity index (χ0) is 22.5. The van der Waals surface area contributed by atoms with Crippen LogP contribution in [0.5, 0.6) is 11.5 Å². The highest BCUT2D eigenvalue weighted by Crippen LogP contribution is 2.32. The standard InChI is InChI=1S/C24H30N4O3S/c1-4-18-13-19-22(26-15-27-24(19)32-18)28-11-5-6-17(14-28)23(29)25-10-9-16-7-8-20(30-2)21(12-16)31-3/h7-8,12-13,15,17H,4-6,9-11,14H2,1-3H3,(H,25,29)/t17-/m0/s1. The van der Waals surface area contributed by atoms with Gasteiger partial charge in [-0.3, -0.25) is 4.79 Å². The number of rotatable bonds is 8. The Balaban J connectivity index is 1.36. The number of ether oxygens (including phenoxy) is 2. The first-order valence-corrected chi connectivity index (χ1v) is 11.9. The topological polar surface area (TPSA) is 76.6 Å². The molecule has 0 unspecified atom stereocenters. The lowest BCUT2D eigenvalue weighted by Crippen LogP contribution is -2.43. The molecule has 1 fully saturated rings. The van der Waals surface area contributed by atoms with Gasteiger partial charge in [0.2, 0.25) is 5.91 Å². The molecule has 1 amide bonds. The van der Waals surface area contributed by atoms with E-state index in [0.29, 0.717) is 24.6 Å². The number of aromatic nitrogens is 2. The van der Waals surface area contributed by atoms with E-state index in [2.05, 4.69) is 33.2 Å². The number of methoxy groups -OCH3 is 2. The smallest absolute Gasteiger partial charge is 0.224 e. The molecule has 1 atom stereocenters. The van der Waals surface area contributed by atoms with Crippen molar-refractivity contribution < 1.29 is 14.3 Å². The van der Waals surface area contributed by atoms with Gasteiger partial charge in [-0.15, -0.1) is 11.3 Å². The molecule has 3 aromatic rings. The molecule has 1 N–H and O–H groups in total. The summed E-state index contributed by atoms with van der Waals surface area (Å²) in [6, 6.07) is 8.05. The van der Waals surface area contributed by atoms with Crippen molar-refractivity contribution in [1.82, 2.24) is 15.3 Å². The molecule has 32 heavy (non-hydrogen) atoms. The average Bonchev–Trinajstić information content (AvgIpc) is 3.27. The predicted octanol–water partition coefficient (Wildman–Crippen LogP) is 3.85. The molecule has 0 bridgehead atoms. The van der Waals surface area contributed by atoms with Gasteiger partial charge in [0.1, 0.15) is 17.0 Å². The van der Waals surface area contributed by atoms with E-state index in [1.54, 1.807) is 31.9 Å². The van der Waals surface area contributed by atoms with Crippen molar-refractivity contribution >= 4 is 33.3 Å². The number of nitrogens with zero attached hydrogens (tertiary/aromatic N) is 3. The number of amides is 1. The SMILES string of the molecule is CCc1cc2c(N3CCC[C@H](C(=O)NCCc4ccc(OC)c(OC)c4)C3)ncnc2s1. The fourth-order valence-corrected chi connectivity index (χ4v) is 5.14. The van der Waals surface area contributed by atoms with Crippen molar-refractivity contribution in [3.63, 3.8) is 0 Å². The average molecular weight is 455 g/mol. The van der Waals surface area contributed by atoms with Gasteiger partial charge < -0.3 is 19.7 Å². The molecule has 3 heterocycles. The summed E-state index contributed by atoms with van der Waals surface area (Å²) in [4.78, 5) is 26.5. The van der Waals surface area contributed by atoms with Crippen LogP contribution in [0.4, 0.5) is 5.82 Å². The zero-order valence-corrected chi connectivity index (χ0v) is 19.7. The minimum absolute atomic E-state index is 0.0385. The van der Waals surface area contributed by atoms with Crippen LogP contribution in [0.2, 0.25) is 0 Å². The highest BCUT2D eigenvalue weighted by atomic mass is 32.1. The summed E-state index contributed by atoms with van der Waals surface area (Å²) < 4.78 is 10.7. The Morgan fingerprint density at radius 1 is 1.22 bits per heavy atom. The zero-order valence-electron chi connectivity index (χ0n) is 18.9. The lowest BCUT2D eigenvalue weighted by molar-refractivity contribution is -0.125. The highest BCUT2D eigenvalue weighted by molar-refractivity contribution is 7.18. The minimum Gasteiger partial charge on any atom is -0.493 e. The number of anilines is 1. The van der Waals surface area contributed by atoms with E-state index in [0.717, 1.165) is 53.8 Å². The largest absolute Gasteiger partial charge is 0.493 e. The number of piperidine rings is 1. The number of carbonyl (C=O) groups excluding carboxylic acids is 1. The van der Waals surface area contributed by atoms with Crippen LogP contribution >= 0.6 is 11.3 Å². The Hall–Kier alpha value is -2.87. The normalized spacial score (nSPS) is 16.2. The van der Waals surface area contributed by atoms with E-state index >= 15 is 0 Å². The van der Waals surface area contributed by atoms with Crippen LogP contribution < -0.4 is 19.7 Å². The third kappa shape index (κ3) is 4.80. The Morgan fingerprint density at radius 3 is 2.84 bits per heavy atom. The maximum absolute atomic E-state index is 12.9. The van der Waals surface area contributed by atoms with Gasteiger partial charge in [0.15, 0.2) is 11.5 Å².